The Morgan fingerprint density at radius 2 is 2.25 bits per heavy atom. The number of carbonyl (C=O) groups excluding carboxylic acids is 1. The average molecular weight is 322 g/mol. The predicted octanol–water partition coefficient (Wildman–Crippen LogP) is 3.40. The maximum Gasteiger partial charge on any atom is 0.227 e. The molecule has 1 aliphatic rings. The Kier molecular flexibility index (Phi) is 6.39. The molecule has 1 amide bonds. The Morgan fingerprint density at radius 1 is 1.46 bits per heavy atom. The number of benzene rings is 1. The maximum absolute atomic E-state index is 12.1. The molecule has 0 aliphatic carbocycles. The minimum atomic E-state index is 0.0784. The zero-order chi connectivity index (χ0) is 17.4. The highest BCUT2D eigenvalue weighted by Crippen LogP contribution is 2.20. The standard InChI is InChI=1S/C20H22N2O2/c1-3-5-7-16(4-2)15-24-19-9-8-17(18(12-19)14-21)13-20(23)22-10-6-11-22/h3-5,7-9,12H,2,6,10-11,13,15H2,1H3/b5-3-,16-7+. The largest absolute Gasteiger partial charge is 0.489 e. The smallest absolute Gasteiger partial charge is 0.227 e. The van der Waals surface area contributed by atoms with Crippen LogP contribution in [0.1, 0.15) is 24.5 Å². The van der Waals surface area contributed by atoms with Crippen LogP contribution in [0.2, 0.25) is 0 Å². The number of nitriles is 1. The number of rotatable bonds is 7. The van der Waals surface area contributed by atoms with E-state index < -0.39 is 0 Å². The Morgan fingerprint density at radius 3 is 2.83 bits per heavy atom. The molecule has 0 aromatic heterocycles. The number of ether oxygens (including phenoxy) is 1. The average Bonchev–Trinajstić information content (AvgIpc) is 2.54. The number of hydrogen-bond acceptors (Lipinski definition) is 3. The lowest BCUT2D eigenvalue weighted by Gasteiger charge is -2.31. The molecule has 0 bridgehead atoms. The van der Waals surface area contributed by atoms with Crippen molar-refractivity contribution >= 4 is 5.91 Å². The van der Waals surface area contributed by atoms with Crippen molar-refractivity contribution in [2.24, 2.45) is 0 Å². The second-order valence-corrected chi connectivity index (χ2v) is 5.60. The normalized spacial score (nSPS) is 14.2. The fourth-order valence-corrected chi connectivity index (χ4v) is 2.31. The minimum absolute atomic E-state index is 0.0784. The van der Waals surface area contributed by atoms with Gasteiger partial charge in [-0.1, -0.05) is 36.9 Å². The molecular weight excluding hydrogens is 300 g/mol. The van der Waals surface area contributed by atoms with E-state index in [4.69, 9.17) is 4.74 Å². The summed E-state index contributed by atoms with van der Waals surface area (Å²) in [4.78, 5) is 13.9. The number of amides is 1. The third-order valence-electron chi connectivity index (χ3n) is 3.92. The Bertz CT molecular complexity index is 707. The molecule has 124 valence electrons. The summed E-state index contributed by atoms with van der Waals surface area (Å²) < 4.78 is 5.72. The lowest BCUT2D eigenvalue weighted by atomic mass is 10.0. The summed E-state index contributed by atoms with van der Waals surface area (Å²) in [7, 11) is 0. The van der Waals surface area contributed by atoms with E-state index in [1.807, 2.05) is 30.1 Å². The van der Waals surface area contributed by atoms with Crippen LogP contribution in [-0.4, -0.2) is 30.5 Å². The van der Waals surface area contributed by atoms with Crippen molar-refractivity contribution in [3.63, 3.8) is 0 Å². The Labute approximate surface area is 143 Å². The highest BCUT2D eigenvalue weighted by atomic mass is 16.5. The first-order valence-corrected chi connectivity index (χ1v) is 8.05. The lowest BCUT2D eigenvalue weighted by Crippen LogP contribution is -2.42. The molecule has 0 saturated carbocycles. The highest BCUT2D eigenvalue weighted by molar-refractivity contribution is 5.80. The molecule has 0 spiro atoms. The van der Waals surface area contributed by atoms with Gasteiger partial charge < -0.3 is 9.64 Å². The molecule has 0 radical (unpaired) electrons. The third-order valence-corrected chi connectivity index (χ3v) is 3.92. The fraction of sp³-hybridized carbons (Fsp3) is 0.300. The first-order valence-electron chi connectivity index (χ1n) is 8.05. The van der Waals surface area contributed by atoms with E-state index in [9.17, 15) is 10.1 Å². The molecule has 2 rings (SSSR count). The zero-order valence-electron chi connectivity index (χ0n) is 14.0. The summed E-state index contributed by atoms with van der Waals surface area (Å²) in [5.74, 6) is 0.689. The first-order chi connectivity index (χ1) is 11.7. The molecule has 0 unspecified atom stereocenters. The van der Waals surface area contributed by atoms with Crippen molar-refractivity contribution in [2.45, 2.75) is 19.8 Å². The van der Waals surface area contributed by atoms with Crippen molar-refractivity contribution in [1.82, 2.24) is 4.90 Å². The number of hydrogen-bond donors (Lipinski definition) is 0. The van der Waals surface area contributed by atoms with Crippen LogP contribution in [0.15, 0.2) is 54.7 Å². The van der Waals surface area contributed by atoms with Crippen LogP contribution in [-0.2, 0) is 11.2 Å². The summed E-state index contributed by atoms with van der Waals surface area (Å²) in [5.41, 5.74) is 2.18. The van der Waals surface area contributed by atoms with Crippen LogP contribution in [0.3, 0.4) is 0 Å². The number of nitrogens with zero attached hydrogens (tertiary/aromatic N) is 2. The van der Waals surface area contributed by atoms with E-state index in [1.165, 1.54) is 0 Å². The van der Waals surface area contributed by atoms with Crippen molar-refractivity contribution in [3.05, 3.63) is 65.8 Å². The van der Waals surface area contributed by atoms with Crippen molar-refractivity contribution in [1.29, 1.82) is 5.26 Å². The fourth-order valence-electron chi connectivity index (χ4n) is 2.31. The summed E-state index contributed by atoms with van der Waals surface area (Å²) in [6.07, 6.45) is 8.86. The number of carbonyl (C=O) groups is 1. The predicted molar refractivity (Wildman–Crippen MR) is 94.6 cm³/mol. The van der Waals surface area contributed by atoms with Gasteiger partial charge in [-0.2, -0.15) is 5.26 Å². The second-order valence-electron chi connectivity index (χ2n) is 5.60. The number of likely N-dealkylation sites (tertiary alicyclic amines) is 1. The van der Waals surface area contributed by atoms with Gasteiger partial charge in [0.05, 0.1) is 18.1 Å². The Balaban J connectivity index is 2.04. The molecule has 1 fully saturated rings. The summed E-state index contributed by atoms with van der Waals surface area (Å²) in [6, 6.07) is 7.45. The van der Waals surface area contributed by atoms with Crippen molar-refractivity contribution < 1.29 is 9.53 Å². The molecule has 24 heavy (non-hydrogen) atoms. The van der Waals surface area contributed by atoms with Crippen LogP contribution < -0.4 is 4.74 Å². The molecule has 1 aromatic carbocycles. The molecule has 1 heterocycles. The van der Waals surface area contributed by atoms with Gasteiger partial charge in [0.1, 0.15) is 12.4 Å². The summed E-state index contributed by atoms with van der Waals surface area (Å²) in [5, 5.41) is 9.34. The van der Waals surface area contributed by atoms with E-state index in [0.717, 1.165) is 30.6 Å². The zero-order valence-corrected chi connectivity index (χ0v) is 14.0. The quantitative estimate of drug-likeness (QED) is 0.723. The van der Waals surface area contributed by atoms with Gasteiger partial charge >= 0.3 is 0 Å². The summed E-state index contributed by atoms with van der Waals surface area (Å²) >= 11 is 0. The van der Waals surface area contributed by atoms with Gasteiger partial charge in [-0.05, 0) is 36.6 Å². The van der Waals surface area contributed by atoms with Gasteiger partial charge in [0.15, 0.2) is 0 Å². The van der Waals surface area contributed by atoms with Gasteiger partial charge in [-0.25, -0.2) is 0 Å². The van der Waals surface area contributed by atoms with E-state index in [1.54, 1.807) is 24.3 Å². The minimum Gasteiger partial charge on any atom is -0.489 e. The number of allylic oxidation sites excluding steroid dienone is 3. The SMILES string of the molecule is C=C/C(=C\C=C/C)COc1ccc(CC(=O)N2CCC2)c(C#N)c1. The van der Waals surface area contributed by atoms with Crippen LogP contribution >= 0.6 is 0 Å². The van der Waals surface area contributed by atoms with E-state index >= 15 is 0 Å². The molecule has 1 aromatic rings. The van der Waals surface area contributed by atoms with Crippen molar-refractivity contribution in [2.75, 3.05) is 19.7 Å². The van der Waals surface area contributed by atoms with Crippen LogP contribution in [0.5, 0.6) is 5.75 Å². The van der Waals surface area contributed by atoms with Gasteiger partial charge in [0.25, 0.3) is 0 Å². The van der Waals surface area contributed by atoms with Gasteiger partial charge in [-0.15, -0.1) is 0 Å². The highest BCUT2D eigenvalue weighted by Gasteiger charge is 2.21. The molecule has 1 aliphatic heterocycles. The molecule has 4 nitrogen and oxygen atoms in total. The van der Waals surface area contributed by atoms with Gasteiger partial charge in [0, 0.05) is 13.1 Å². The van der Waals surface area contributed by atoms with E-state index in [2.05, 4.69) is 12.6 Å². The monoisotopic (exact) mass is 322 g/mol. The topological polar surface area (TPSA) is 53.3 Å². The molecule has 1 saturated heterocycles. The third kappa shape index (κ3) is 4.60. The first kappa shape index (κ1) is 17.6. The maximum atomic E-state index is 12.1. The van der Waals surface area contributed by atoms with Gasteiger partial charge in [-0.3, -0.25) is 4.79 Å². The van der Waals surface area contributed by atoms with Crippen LogP contribution in [0, 0.1) is 11.3 Å². The van der Waals surface area contributed by atoms with Gasteiger partial charge in [0.2, 0.25) is 5.91 Å². The molecular formula is C20H22N2O2. The van der Waals surface area contributed by atoms with Crippen LogP contribution in [0.4, 0.5) is 0 Å². The molecule has 0 N–H and O–H groups in total. The molecule has 4 heteroatoms. The van der Waals surface area contributed by atoms with Crippen molar-refractivity contribution in [3.8, 4) is 11.8 Å². The van der Waals surface area contributed by atoms with Crippen LogP contribution in [0.25, 0.3) is 0 Å². The van der Waals surface area contributed by atoms with E-state index in [-0.39, 0.29) is 12.3 Å². The Hall–Kier alpha value is -2.80. The second kappa shape index (κ2) is 8.73. The lowest BCUT2D eigenvalue weighted by molar-refractivity contribution is -0.133. The van der Waals surface area contributed by atoms with E-state index in [0.29, 0.717) is 17.9 Å². The summed E-state index contributed by atoms with van der Waals surface area (Å²) in [6.45, 7) is 7.73. The molecule has 0 atom stereocenters.